The van der Waals surface area contributed by atoms with Gasteiger partial charge in [-0.2, -0.15) is 0 Å². The molecule has 19 heavy (non-hydrogen) atoms. The highest BCUT2D eigenvalue weighted by atomic mass is 16.5. The van der Waals surface area contributed by atoms with E-state index in [1.54, 1.807) is 0 Å². The largest absolute Gasteiger partial charge is 0.458 e. The fourth-order valence-corrected chi connectivity index (χ4v) is 3.56. The number of nitrogens with two attached hydrogens (primary N) is 1. The molecule has 3 nitrogen and oxygen atoms in total. The average Bonchev–Trinajstić information content (AvgIpc) is 2.48. The molecule has 1 aromatic rings. The van der Waals surface area contributed by atoms with Crippen LogP contribution in [0, 0.1) is 5.92 Å². The van der Waals surface area contributed by atoms with Crippen molar-refractivity contribution in [1.29, 1.82) is 0 Å². The molecule has 2 fully saturated rings. The lowest BCUT2D eigenvalue weighted by molar-refractivity contribution is -0.710. The predicted octanol–water partition coefficient (Wildman–Crippen LogP) is 1.74. The predicted molar refractivity (Wildman–Crippen MR) is 72.8 cm³/mol. The van der Waals surface area contributed by atoms with Gasteiger partial charge in [0.25, 0.3) is 0 Å². The Morgan fingerprint density at radius 2 is 1.89 bits per heavy atom. The Balaban J connectivity index is 1.66. The van der Waals surface area contributed by atoms with Gasteiger partial charge < -0.3 is 10.1 Å². The number of ether oxygens (including phenoxy) is 1. The van der Waals surface area contributed by atoms with Gasteiger partial charge in [-0.3, -0.25) is 0 Å². The van der Waals surface area contributed by atoms with E-state index in [9.17, 15) is 4.79 Å². The van der Waals surface area contributed by atoms with E-state index < -0.39 is 0 Å². The molecule has 0 spiro atoms. The molecule has 102 valence electrons. The smallest absolute Gasteiger partial charge is 0.338 e. The first-order valence-corrected chi connectivity index (χ1v) is 7.44. The van der Waals surface area contributed by atoms with Crippen molar-refractivity contribution in [3.63, 3.8) is 0 Å². The minimum atomic E-state index is -0.156. The molecular formula is C16H22NO2+. The van der Waals surface area contributed by atoms with Gasteiger partial charge in [0.1, 0.15) is 6.10 Å². The summed E-state index contributed by atoms with van der Waals surface area (Å²) >= 11 is 0. The van der Waals surface area contributed by atoms with Crippen LogP contribution in [-0.2, 0) is 4.74 Å². The van der Waals surface area contributed by atoms with Gasteiger partial charge in [-0.05, 0) is 31.4 Å². The van der Waals surface area contributed by atoms with Crippen LogP contribution in [0.2, 0.25) is 0 Å². The van der Waals surface area contributed by atoms with Gasteiger partial charge >= 0.3 is 5.97 Å². The average molecular weight is 260 g/mol. The van der Waals surface area contributed by atoms with Crippen LogP contribution in [-0.4, -0.2) is 24.7 Å². The van der Waals surface area contributed by atoms with E-state index in [1.807, 2.05) is 30.3 Å². The summed E-state index contributed by atoms with van der Waals surface area (Å²) in [5.41, 5.74) is 0.671. The third kappa shape index (κ3) is 2.81. The lowest BCUT2D eigenvalue weighted by atomic mass is 9.77. The van der Waals surface area contributed by atoms with Gasteiger partial charge in [0.15, 0.2) is 0 Å². The number of carbonyl (C=O) groups is 1. The van der Waals surface area contributed by atoms with Gasteiger partial charge in [-0.15, -0.1) is 0 Å². The molecule has 0 radical (unpaired) electrons. The maximum Gasteiger partial charge on any atom is 0.338 e. The third-order valence-electron chi connectivity index (χ3n) is 4.54. The normalized spacial score (nSPS) is 30.4. The molecule has 1 aliphatic heterocycles. The molecule has 1 aliphatic carbocycles. The first-order valence-electron chi connectivity index (χ1n) is 7.44. The highest BCUT2D eigenvalue weighted by molar-refractivity contribution is 5.89. The van der Waals surface area contributed by atoms with E-state index >= 15 is 0 Å². The zero-order chi connectivity index (χ0) is 13.1. The number of rotatable bonds is 2. The number of hydrogen-bond acceptors (Lipinski definition) is 2. The number of piperidine rings is 1. The Morgan fingerprint density at radius 1 is 1.11 bits per heavy atom. The van der Waals surface area contributed by atoms with Crippen LogP contribution in [0.3, 0.4) is 0 Å². The molecule has 0 bridgehead atoms. The highest BCUT2D eigenvalue weighted by Crippen LogP contribution is 2.30. The molecule has 3 atom stereocenters. The van der Waals surface area contributed by atoms with E-state index in [-0.39, 0.29) is 12.1 Å². The van der Waals surface area contributed by atoms with E-state index in [0.717, 1.165) is 13.0 Å². The van der Waals surface area contributed by atoms with Gasteiger partial charge in [0, 0.05) is 12.3 Å². The number of benzene rings is 1. The number of carbonyl (C=O) groups excluding carboxylic acids is 1. The van der Waals surface area contributed by atoms with E-state index in [0.29, 0.717) is 17.5 Å². The van der Waals surface area contributed by atoms with Gasteiger partial charge in [-0.1, -0.05) is 24.6 Å². The lowest BCUT2D eigenvalue weighted by Crippen LogP contribution is -2.94. The Morgan fingerprint density at radius 3 is 2.74 bits per heavy atom. The summed E-state index contributed by atoms with van der Waals surface area (Å²) in [6, 6.07) is 10.0. The van der Waals surface area contributed by atoms with Crippen LogP contribution in [0.25, 0.3) is 0 Å². The first-order chi connectivity index (χ1) is 9.34. The van der Waals surface area contributed by atoms with Gasteiger partial charge in [0.2, 0.25) is 0 Å². The Kier molecular flexibility index (Phi) is 3.83. The third-order valence-corrected chi connectivity index (χ3v) is 4.54. The summed E-state index contributed by atoms with van der Waals surface area (Å²) in [7, 11) is 0. The molecule has 1 saturated heterocycles. The first kappa shape index (κ1) is 12.7. The molecule has 1 saturated carbocycles. The van der Waals surface area contributed by atoms with Crippen LogP contribution in [0.5, 0.6) is 0 Å². The highest BCUT2D eigenvalue weighted by Gasteiger charge is 2.39. The zero-order valence-electron chi connectivity index (χ0n) is 11.3. The number of quaternary nitrogens is 1. The van der Waals surface area contributed by atoms with Crippen molar-refractivity contribution in [2.24, 2.45) is 5.92 Å². The Bertz CT molecular complexity index is 430. The maximum atomic E-state index is 12.2. The van der Waals surface area contributed by atoms with Crippen LogP contribution in [0.15, 0.2) is 30.3 Å². The number of esters is 1. The van der Waals surface area contributed by atoms with Crippen LogP contribution in [0.4, 0.5) is 0 Å². The maximum absolute atomic E-state index is 12.2. The summed E-state index contributed by atoms with van der Waals surface area (Å²) in [5.74, 6) is 0.409. The summed E-state index contributed by atoms with van der Waals surface area (Å²) in [5, 5.41) is 2.46. The minimum absolute atomic E-state index is 0.128. The van der Waals surface area contributed by atoms with Crippen LogP contribution < -0.4 is 5.32 Å². The molecule has 0 aromatic heterocycles. The fraction of sp³-hybridized carbons (Fsp3) is 0.562. The molecule has 0 amide bonds. The van der Waals surface area contributed by atoms with Crippen molar-refractivity contribution in [3.8, 4) is 0 Å². The zero-order valence-corrected chi connectivity index (χ0v) is 11.3. The SMILES string of the molecule is O=C(O[C@@H]1CC[NH2+][C@H]2CCCC[C@@H]21)c1ccccc1. The number of fused-ring (bicyclic) bond motifs is 1. The summed E-state index contributed by atoms with van der Waals surface area (Å²) in [6.45, 7) is 1.09. The molecular weight excluding hydrogens is 238 g/mol. The second-order valence-corrected chi connectivity index (χ2v) is 5.74. The van der Waals surface area contributed by atoms with E-state index in [2.05, 4.69) is 5.32 Å². The van der Waals surface area contributed by atoms with Gasteiger partial charge in [-0.25, -0.2) is 4.79 Å². The molecule has 1 heterocycles. The molecule has 3 rings (SSSR count). The number of hydrogen-bond donors (Lipinski definition) is 1. The molecule has 3 heteroatoms. The van der Waals surface area contributed by atoms with Crippen molar-refractivity contribution in [2.45, 2.75) is 44.2 Å². The minimum Gasteiger partial charge on any atom is -0.458 e. The van der Waals surface area contributed by atoms with Crippen molar-refractivity contribution >= 4 is 5.97 Å². The van der Waals surface area contributed by atoms with E-state index in [4.69, 9.17) is 4.74 Å². The molecule has 2 N–H and O–H groups in total. The summed E-state index contributed by atoms with van der Waals surface area (Å²) in [6.07, 6.45) is 6.24. The topological polar surface area (TPSA) is 42.9 Å². The molecule has 1 aromatic carbocycles. The Hall–Kier alpha value is -1.35. The summed E-state index contributed by atoms with van der Waals surface area (Å²) < 4.78 is 5.79. The standard InChI is InChI=1S/C16H21NO2/c18-16(12-6-2-1-3-7-12)19-15-10-11-17-14-9-5-4-8-13(14)15/h1-3,6-7,13-15,17H,4-5,8-11H2/p+1/t13-,14-,15+/m0/s1. The van der Waals surface area contributed by atoms with E-state index in [1.165, 1.54) is 25.7 Å². The monoisotopic (exact) mass is 260 g/mol. The van der Waals surface area contributed by atoms with Crippen molar-refractivity contribution in [1.82, 2.24) is 0 Å². The fourth-order valence-electron chi connectivity index (χ4n) is 3.56. The van der Waals surface area contributed by atoms with Crippen molar-refractivity contribution in [2.75, 3.05) is 6.54 Å². The second kappa shape index (κ2) is 5.74. The van der Waals surface area contributed by atoms with Crippen LogP contribution in [0.1, 0.15) is 42.5 Å². The molecule has 2 aliphatic rings. The summed E-state index contributed by atoms with van der Waals surface area (Å²) in [4.78, 5) is 12.2. The van der Waals surface area contributed by atoms with Crippen molar-refractivity contribution < 1.29 is 14.8 Å². The van der Waals surface area contributed by atoms with Crippen LogP contribution >= 0.6 is 0 Å². The quantitative estimate of drug-likeness (QED) is 0.823. The molecule has 0 unspecified atom stereocenters. The van der Waals surface area contributed by atoms with Gasteiger partial charge in [0.05, 0.1) is 18.2 Å². The lowest BCUT2D eigenvalue weighted by Gasteiger charge is -2.38. The Labute approximate surface area is 114 Å². The second-order valence-electron chi connectivity index (χ2n) is 5.74. The van der Waals surface area contributed by atoms with Crippen molar-refractivity contribution in [3.05, 3.63) is 35.9 Å².